The maximum absolute atomic E-state index is 12.4. The number of benzene rings is 1. The van der Waals surface area contributed by atoms with E-state index in [1.165, 1.54) is 4.90 Å². The molecule has 1 aliphatic carbocycles. The van der Waals surface area contributed by atoms with Crippen molar-refractivity contribution < 1.29 is 19.2 Å². The summed E-state index contributed by atoms with van der Waals surface area (Å²) in [5.41, 5.74) is 0.868. The fourth-order valence-electron chi connectivity index (χ4n) is 5.30. The predicted octanol–water partition coefficient (Wildman–Crippen LogP) is 2.26. The minimum absolute atomic E-state index is 0.0639. The fourth-order valence-corrected chi connectivity index (χ4v) is 5.30. The first-order chi connectivity index (χ1) is 14.5. The molecular formula is C23H29N3O4. The van der Waals surface area contributed by atoms with Crippen molar-refractivity contribution in [2.24, 2.45) is 11.8 Å². The van der Waals surface area contributed by atoms with E-state index in [0.29, 0.717) is 35.8 Å². The van der Waals surface area contributed by atoms with Gasteiger partial charge >= 0.3 is 0 Å². The number of nitrogens with zero attached hydrogens (tertiary/aromatic N) is 1. The molecule has 1 saturated heterocycles. The molecule has 2 aliphatic heterocycles. The molecule has 0 aromatic heterocycles. The molecule has 3 aliphatic rings. The van der Waals surface area contributed by atoms with Crippen molar-refractivity contribution >= 4 is 23.6 Å². The lowest BCUT2D eigenvalue weighted by molar-refractivity contribution is -0.127. The van der Waals surface area contributed by atoms with Crippen LogP contribution >= 0.6 is 0 Å². The molecule has 2 N–H and O–H groups in total. The highest BCUT2D eigenvalue weighted by molar-refractivity contribution is 6.21. The minimum Gasteiger partial charge on any atom is -0.353 e. The summed E-state index contributed by atoms with van der Waals surface area (Å²) in [7, 11) is 0. The van der Waals surface area contributed by atoms with Crippen molar-refractivity contribution in [3.05, 3.63) is 35.4 Å². The van der Waals surface area contributed by atoms with Gasteiger partial charge in [-0.15, -0.1) is 0 Å². The van der Waals surface area contributed by atoms with Crippen LogP contribution < -0.4 is 10.6 Å². The van der Waals surface area contributed by atoms with Crippen LogP contribution in [0, 0.1) is 11.8 Å². The Morgan fingerprint density at radius 3 is 2.50 bits per heavy atom. The topological polar surface area (TPSA) is 95.6 Å². The lowest BCUT2D eigenvalue weighted by Gasteiger charge is -2.44. The van der Waals surface area contributed by atoms with Gasteiger partial charge in [0.25, 0.3) is 11.8 Å². The van der Waals surface area contributed by atoms with Gasteiger partial charge in [0.2, 0.25) is 11.8 Å². The van der Waals surface area contributed by atoms with E-state index in [0.717, 1.165) is 25.7 Å². The molecule has 1 aromatic rings. The highest BCUT2D eigenvalue weighted by Crippen LogP contribution is 2.37. The van der Waals surface area contributed by atoms with E-state index in [4.69, 9.17) is 0 Å². The number of rotatable bonds is 6. The van der Waals surface area contributed by atoms with Crippen LogP contribution in [0.4, 0.5) is 0 Å². The van der Waals surface area contributed by atoms with Gasteiger partial charge in [-0.1, -0.05) is 25.5 Å². The third kappa shape index (κ3) is 3.98. The highest BCUT2D eigenvalue weighted by Gasteiger charge is 2.40. The van der Waals surface area contributed by atoms with E-state index in [1.54, 1.807) is 24.3 Å². The summed E-state index contributed by atoms with van der Waals surface area (Å²) < 4.78 is 0. The Morgan fingerprint density at radius 2 is 1.83 bits per heavy atom. The molecule has 4 unspecified atom stereocenters. The van der Waals surface area contributed by atoms with Gasteiger partial charge in [-0.2, -0.15) is 0 Å². The summed E-state index contributed by atoms with van der Waals surface area (Å²) in [6, 6.07) is 7.01. The third-order valence-electron chi connectivity index (χ3n) is 6.86. The van der Waals surface area contributed by atoms with E-state index in [-0.39, 0.29) is 48.7 Å². The maximum atomic E-state index is 12.4. The number of hydrogen-bond donors (Lipinski definition) is 2. The first kappa shape index (κ1) is 20.6. The average molecular weight is 412 g/mol. The number of piperidine rings is 1. The standard InChI is InChI=1S/C23H29N3O4/c1-2-14-12-21(28)25-19-13-15(9-10-16(14)19)24-20(27)8-5-11-26-22(29)17-6-3-4-7-18(17)23(26)30/h3-4,6-7,14-16,19H,2,5,8-13H2,1H3,(H,24,27)(H,25,28). The van der Waals surface area contributed by atoms with Crippen molar-refractivity contribution in [1.29, 1.82) is 0 Å². The highest BCUT2D eigenvalue weighted by atomic mass is 16.2. The van der Waals surface area contributed by atoms with Crippen LogP contribution in [0.1, 0.15) is 72.6 Å². The summed E-state index contributed by atoms with van der Waals surface area (Å²) in [5.74, 6) is 0.440. The molecule has 4 rings (SSSR count). The quantitative estimate of drug-likeness (QED) is 0.702. The first-order valence-electron chi connectivity index (χ1n) is 11.0. The number of imide groups is 1. The molecule has 1 aromatic carbocycles. The van der Waals surface area contributed by atoms with Gasteiger partial charge < -0.3 is 10.6 Å². The molecule has 1 saturated carbocycles. The Morgan fingerprint density at radius 1 is 1.13 bits per heavy atom. The number of nitrogens with one attached hydrogen (secondary N) is 2. The zero-order valence-electron chi connectivity index (χ0n) is 17.4. The number of amides is 4. The van der Waals surface area contributed by atoms with Gasteiger partial charge in [-0.05, 0) is 49.7 Å². The summed E-state index contributed by atoms with van der Waals surface area (Å²) in [4.78, 5) is 50.4. The lowest BCUT2D eigenvalue weighted by Crippen LogP contribution is -2.55. The second kappa shape index (κ2) is 8.58. The first-order valence-corrected chi connectivity index (χ1v) is 11.0. The second-order valence-electron chi connectivity index (χ2n) is 8.70. The molecular weight excluding hydrogens is 382 g/mol. The van der Waals surface area contributed by atoms with Crippen molar-refractivity contribution in [3.8, 4) is 0 Å². The molecule has 4 amide bonds. The normalized spacial score (nSPS) is 28.0. The van der Waals surface area contributed by atoms with Gasteiger partial charge in [0.15, 0.2) is 0 Å². The van der Waals surface area contributed by atoms with E-state index in [1.807, 2.05) is 0 Å². The second-order valence-corrected chi connectivity index (χ2v) is 8.70. The van der Waals surface area contributed by atoms with Crippen LogP contribution in [0.25, 0.3) is 0 Å². The number of hydrogen-bond acceptors (Lipinski definition) is 4. The molecule has 4 atom stereocenters. The van der Waals surface area contributed by atoms with Crippen LogP contribution in [-0.2, 0) is 9.59 Å². The summed E-state index contributed by atoms with van der Waals surface area (Å²) in [6.07, 6.45) is 5.06. The number of carbonyl (C=O) groups excluding carboxylic acids is 4. The van der Waals surface area contributed by atoms with Crippen LogP contribution in [-0.4, -0.2) is 47.2 Å². The van der Waals surface area contributed by atoms with Gasteiger partial charge in [0.1, 0.15) is 0 Å². The molecule has 7 nitrogen and oxygen atoms in total. The van der Waals surface area contributed by atoms with Crippen molar-refractivity contribution in [1.82, 2.24) is 15.5 Å². The van der Waals surface area contributed by atoms with Gasteiger partial charge in [-0.3, -0.25) is 24.1 Å². The Hall–Kier alpha value is -2.70. The van der Waals surface area contributed by atoms with Gasteiger partial charge in [0, 0.05) is 31.5 Å². The zero-order chi connectivity index (χ0) is 21.3. The summed E-state index contributed by atoms with van der Waals surface area (Å²) in [5, 5.41) is 6.20. The van der Waals surface area contributed by atoms with Gasteiger partial charge in [0.05, 0.1) is 11.1 Å². The Labute approximate surface area is 176 Å². The van der Waals surface area contributed by atoms with Crippen molar-refractivity contribution in [2.45, 2.75) is 64.0 Å². The monoisotopic (exact) mass is 411 g/mol. The molecule has 0 spiro atoms. The molecule has 0 radical (unpaired) electrons. The number of carbonyl (C=O) groups is 4. The predicted molar refractivity (Wildman–Crippen MR) is 111 cm³/mol. The molecule has 0 bridgehead atoms. The van der Waals surface area contributed by atoms with E-state index in [2.05, 4.69) is 17.6 Å². The Balaban J connectivity index is 1.24. The fraction of sp³-hybridized carbons (Fsp3) is 0.565. The Bertz CT molecular complexity index is 833. The SMILES string of the molecule is CCC1CC(=O)NC2CC(NC(=O)CCCN3C(=O)c4ccccc4C3=O)CCC12. The molecule has 2 heterocycles. The Kier molecular flexibility index (Phi) is 5.88. The number of fused-ring (bicyclic) bond motifs is 2. The average Bonchev–Trinajstić information content (AvgIpc) is 2.98. The van der Waals surface area contributed by atoms with E-state index in [9.17, 15) is 19.2 Å². The van der Waals surface area contributed by atoms with Crippen molar-refractivity contribution in [2.75, 3.05) is 6.54 Å². The van der Waals surface area contributed by atoms with E-state index < -0.39 is 0 Å². The van der Waals surface area contributed by atoms with Gasteiger partial charge in [-0.25, -0.2) is 0 Å². The summed E-state index contributed by atoms with van der Waals surface area (Å²) >= 11 is 0. The van der Waals surface area contributed by atoms with Crippen molar-refractivity contribution in [3.63, 3.8) is 0 Å². The molecule has 30 heavy (non-hydrogen) atoms. The largest absolute Gasteiger partial charge is 0.353 e. The van der Waals surface area contributed by atoms with Crippen LogP contribution in [0.3, 0.4) is 0 Å². The van der Waals surface area contributed by atoms with Crippen LogP contribution in [0.15, 0.2) is 24.3 Å². The van der Waals surface area contributed by atoms with E-state index >= 15 is 0 Å². The maximum Gasteiger partial charge on any atom is 0.261 e. The van der Waals surface area contributed by atoms with Crippen LogP contribution in [0.5, 0.6) is 0 Å². The minimum atomic E-state index is -0.284. The smallest absolute Gasteiger partial charge is 0.261 e. The molecule has 7 heteroatoms. The third-order valence-corrected chi connectivity index (χ3v) is 6.86. The molecule has 2 fully saturated rings. The summed E-state index contributed by atoms with van der Waals surface area (Å²) in [6.45, 7) is 2.38. The lowest BCUT2D eigenvalue weighted by atomic mass is 9.70. The zero-order valence-corrected chi connectivity index (χ0v) is 17.4. The molecule has 160 valence electrons. The van der Waals surface area contributed by atoms with Crippen LogP contribution in [0.2, 0.25) is 0 Å².